The Kier molecular flexibility index (Phi) is 9.57. The summed E-state index contributed by atoms with van der Waals surface area (Å²) in [4.78, 5) is 27.8. The summed E-state index contributed by atoms with van der Waals surface area (Å²) in [6.07, 6.45) is 0.917. The van der Waals surface area contributed by atoms with Crippen molar-refractivity contribution >= 4 is 42.4 Å². The van der Waals surface area contributed by atoms with E-state index in [0.717, 1.165) is 12.0 Å². The predicted molar refractivity (Wildman–Crippen MR) is 198 cm³/mol. The van der Waals surface area contributed by atoms with Crippen LogP contribution in [0.2, 0.25) is 65.5 Å². The van der Waals surface area contributed by atoms with Gasteiger partial charge in [0.05, 0.1) is 15.2 Å². The second-order valence-electron chi connectivity index (χ2n) is 18.1. The van der Waals surface area contributed by atoms with E-state index < -0.39 is 42.1 Å². The van der Waals surface area contributed by atoms with Crippen LogP contribution in [0.5, 0.6) is 0 Å². The van der Waals surface area contributed by atoms with E-state index in [1.54, 1.807) is 0 Å². The number of ketones is 2. The fourth-order valence-corrected chi connectivity index (χ4v) is 13.1. The molecule has 44 heavy (non-hydrogen) atoms. The summed E-state index contributed by atoms with van der Waals surface area (Å²) in [6.45, 7) is 37.6. The van der Waals surface area contributed by atoms with Gasteiger partial charge in [-0.3, -0.25) is 9.59 Å². The minimum absolute atomic E-state index is 0.0279. The number of hydrogen-bond donors (Lipinski definition) is 0. The third-order valence-electron chi connectivity index (χ3n) is 10.9. The summed E-state index contributed by atoms with van der Waals surface area (Å²) in [7, 11) is -7.12. The highest BCUT2D eigenvalue weighted by Gasteiger charge is 2.49. The van der Waals surface area contributed by atoms with Crippen LogP contribution in [0.4, 0.5) is 0 Å². The molecule has 0 aromatic heterocycles. The zero-order valence-electron chi connectivity index (χ0n) is 30.9. The summed E-state index contributed by atoms with van der Waals surface area (Å²) in [5, 5.41) is 0. The molecule has 0 N–H and O–H groups in total. The first-order valence-corrected chi connectivity index (χ1v) is 31.1. The first-order valence-electron chi connectivity index (χ1n) is 16.2. The van der Waals surface area contributed by atoms with Crippen LogP contribution in [0.25, 0.3) is 0 Å². The van der Waals surface area contributed by atoms with Crippen molar-refractivity contribution in [3.05, 3.63) is 70.3 Å². The Bertz CT molecular complexity index is 1420. The van der Waals surface area contributed by atoms with E-state index >= 15 is 0 Å². The summed E-state index contributed by atoms with van der Waals surface area (Å²) >= 11 is 0. The summed E-state index contributed by atoms with van der Waals surface area (Å²) in [5.41, 5.74) is 2.89. The van der Waals surface area contributed by atoms with Gasteiger partial charge in [0.2, 0.25) is 0 Å². The highest BCUT2D eigenvalue weighted by molar-refractivity contribution is 7.38. The molecule has 0 heterocycles. The molecule has 3 rings (SSSR count). The van der Waals surface area contributed by atoms with E-state index in [2.05, 4.69) is 111 Å². The molecular weight excluding hydrogens is 609 g/mol. The molecule has 1 atom stereocenters. The van der Waals surface area contributed by atoms with Crippen LogP contribution in [0.15, 0.2) is 42.5 Å². The Morgan fingerprint density at radius 3 is 1.41 bits per heavy atom. The molecule has 8 heteroatoms. The average molecular weight is 669 g/mol. The lowest BCUT2D eigenvalue weighted by Gasteiger charge is -2.41. The van der Waals surface area contributed by atoms with E-state index in [4.69, 9.17) is 8.85 Å². The molecular formula is C36H60O4Si4. The number of fused-ring (bicyclic) bond motifs is 1. The Morgan fingerprint density at radius 1 is 0.614 bits per heavy atom. The summed E-state index contributed by atoms with van der Waals surface area (Å²) in [5.74, 6) is 0.0687. The summed E-state index contributed by atoms with van der Waals surface area (Å²) < 4.78 is 13.4. The standard InChI is InChI=1S/C36H60O4Si4/c1-33(2)25-36(7,28-21-18-26(19-22-28)31(37)34(3,4)39-43(14,15)41(8,9)10)30-24-27(20-23-29(30)33)32(38)35(5,6)40-44(16,17)42(11,12)13/h18-24H,25H2,1-17H3. The number of benzene rings is 2. The van der Waals surface area contributed by atoms with Gasteiger partial charge in [-0.1, -0.05) is 96.5 Å². The lowest BCUT2D eigenvalue weighted by atomic mass is 9.74. The van der Waals surface area contributed by atoms with Gasteiger partial charge in [-0.25, -0.2) is 0 Å². The first-order chi connectivity index (χ1) is 19.5. The predicted octanol–water partition coefficient (Wildman–Crippen LogP) is 9.87. The molecule has 0 bridgehead atoms. The number of rotatable bonds is 11. The van der Waals surface area contributed by atoms with Crippen LogP contribution in [0, 0.1) is 0 Å². The van der Waals surface area contributed by atoms with E-state index in [9.17, 15) is 9.59 Å². The zero-order valence-corrected chi connectivity index (χ0v) is 34.9. The van der Waals surface area contributed by atoms with Crippen LogP contribution >= 0.6 is 0 Å². The van der Waals surface area contributed by atoms with Crippen LogP contribution in [0.1, 0.15) is 92.3 Å². The van der Waals surface area contributed by atoms with Gasteiger partial charge < -0.3 is 8.85 Å². The maximum atomic E-state index is 14.0. The number of hydrogen-bond acceptors (Lipinski definition) is 4. The lowest BCUT2D eigenvalue weighted by Crippen LogP contribution is -2.59. The third-order valence-corrected chi connectivity index (χ3v) is 42.5. The smallest absolute Gasteiger partial charge is 0.192 e. The van der Waals surface area contributed by atoms with Crippen molar-refractivity contribution in [2.24, 2.45) is 0 Å². The van der Waals surface area contributed by atoms with Crippen molar-refractivity contribution in [1.29, 1.82) is 0 Å². The minimum atomic E-state index is -2.03. The Morgan fingerprint density at radius 2 is 1.00 bits per heavy atom. The molecule has 0 radical (unpaired) electrons. The second kappa shape index (κ2) is 11.4. The van der Waals surface area contributed by atoms with E-state index in [1.165, 1.54) is 11.1 Å². The highest BCUT2D eigenvalue weighted by Crippen LogP contribution is 2.53. The molecule has 1 aliphatic carbocycles. The minimum Gasteiger partial charge on any atom is -0.408 e. The molecule has 0 aliphatic heterocycles. The maximum absolute atomic E-state index is 14.0. The van der Waals surface area contributed by atoms with Crippen molar-refractivity contribution < 1.29 is 18.4 Å². The van der Waals surface area contributed by atoms with E-state index in [1.807, 2.05) is 45.9 Å². The lowest BCUT2D eigenvalue weighted by molar-refractivity contribution is 0.0567. The van der Waals surface area contributed by atoms with Crippen molar-refractivity contribution in [3.63, 3.8) is 0 Å². The van der Waals surface area contributed by atoms with Gasteiger partial charge in [-0.05, 0) is 88.5 Å². The Labute approximate surface area is 272 Å². The Hall–Kier alpha value is -1.43. The molecule has 1 unspecified atom stereocenters. The van der Waals surface area contributed by atoms with Gasteiger partial charge in [0.15, 0.2) is 27.2 Å². The molecule has 4 nitrogen and oxygen atoms in total. The molecule has 0 fully saturated rings. The van der Waals surface area contributed by atoms with Gasteiger partial charge in [-0.15, -0.1) is 0 Å². The Balaban J connectivity index is 1.99. The van der Waals surface area contributed by atoms with Gasteiger partial charge in [0.25, 0.3) is 0 Å². The van der Waals surface area contributed by atoms with E-state index in [0.29, 0.717) is 11.1 Å². The molecule has 2 aromatic carbocycles. The van der Waals surface area contributed by atoms with E-state index in [-0.39, 0.29) is 22.4 Å². The third kappa shape index (κ3) is 6.95. The first kappa shape index (κ1) is 37.0. The normalized spacial score (nSPS) is 19.6. The molecule has 0 saturated carbocycles. The zero-order chi connectivity index (χ0) is 34.1. The molecule has 1 aliphatic rings. The molecule has 2 aromatic rings. The van der Waals surface area contributed by atoms with Crippen molar-refractivity contribution in [3.8, 4) is 0 Å². The van der Waals surface area contributed by atoms with Crippen molar-refractivity contribution in [1.82, 2.24) is 0 Å². The summed E-state index contributed by atoms with van der Waals surface area (Å²) in [6, 6.07) is 14.4. The van der Waals surface area contributed by atoms with Crippen LogP contribution in [-0.4, -0.2) is 53.6 Å². The monoisotopic (exact) mass is 668 g/mol. The van der Waals surface area contributed by atoms with Crippen molar-refractivity contribution in [2.75, 3.05) is 0 Å². The van der Waals surface area contributed by atoms with Crippen LogP contribution in [-0.2, 0) is 19.7 Å². The van der Waals surface area contributed by atoms with Crippen LogP contribution < -0.4 is 0 Å². The largest absolute Gasteiger partial charge is 0.408 e. The molecule has 0 amide bonds. The fraction of sp³-hybridized carbons (Fsp3) is 0.611. The van der Waals surface area contributed by atoms with Gasteiger partial charge in [-0.2, -0.15) is 0 Å². The van der Waals surface area contributed by atoms with Crippen LogP contribution in [0.3, 0.4) is 0 Å². The topological polar surface area (TPSA) is 52.6 Å². The highest BCUT2D eigenvalue weighted by atomic mass is 29.3. The van der Waals surface area contributed by atoms with Crippen molar-refractivity contribution in [2.45, 2.75) is 142 Å². The molecule has 0 spiro atoms. The average Bonchev–Trinajstić information content (AvgIpc) is 3.05. The second-order valence-corrected chi connectivity index (χ2v) is 49.8. The van der Waals surface area contributed by atoms with Gasteiger partial charge in [0.1, 0.15) is 11.2 Å². The number of Topliss-reactive ketones (excluding diaryl/α,β-unsaturated/α-hetero) is 2. The van der Waals surface area contributed by atoms with Gasteiger partial charge >= 0.3 is 0 Å². The van der Waals surface area contributed by atoms with Gasteiger partial charge in [0, 0.05) is 16.5 Å². The SMILES string of the molecule is CC(C)(O[Si](C)(C)[Si](C)(C)C)C(=O)c1ccc(C2(C)CC(C)(C)c3ccc(C(=O)C(C)(C)O[Si](C)(C)[Si](C)(C)C)cc32)cc1. The fourth-order valence-electron chi connectivity index (χ4n) is 6.42. The maximum Gasteiger partial charge on any atom is 0.192 e. The quantitative estimate of drug-likeness (QED) is 0.177. The number of carbonyl (C=O) groups excluding carboxylic acids is 2. The molecule has 244 valence electrons. The number of carbonyl (C=O) groups is 2. The molecule has 0 saturated heterocycles.